The number of nitrogens with zero attached hydrogens (tertiary/aromatic N) is 1. The van der Waals surface area contributed by atoms with Gasteiger partial charge >= 0.3 is 0 Å². The van der Waals surface area contributed by atoms with Gasteiger partial charge in [-0.1, -0.05) is 39.0 Å². The number of hydrogen-bond acceptors (Lipinski definition) is 3. The molecule has 0 saturated heterocycles. The van der Waals surface area contributed by atoms with Crippen LogP contribution in [0, 0.1) is 18.8 Å². The standard InChI is InChI=1S/C17H29N3/c1-3-4-5-14-6-8-15(9-7-14)17(20-18)16-12-19-11-10-13(16)2/h10-12,14-15,17,20H,3-9,18H2,1-2H3. The van der Waals surface area contributed by atoms with Crippen molar-refractivity contribution in [3.8, 4) is 0 Å². The fourth-order valence-corrected chi connectivity index (χ4v) is 3.58. The molecule has 1 aliphatic carbocycles. The van der Waals surface area contributed by atoms with E-state index in [1.165, 1.54) is 56.1 Å². The maximum Gasteiger partial charge on any atom is 0.0506 e. The van der Waals surface area contributed by atoms with E-state index in [0.717, 1.165) is 5.92 Å². The van der Waals surface area contributed by atoms with Crippen molar-refractivity contribution in [2.24, 2.45) is 17.7 Å². The molecule has 112 valence electrons. The van der Waals surface area contributed by atoms with Crippen LogP contribution >= 0.6 is 0 Å². The molecule has 1 aliphatic rings. The number of rotatable bonds is 6. The smallest absolute Gasteiger partial charge is 0.0506 e. The Labute approximate surface area is 123 Å². The molecule has 0 radical (unpaired) electrons. The highest BCUT2D eigenvalue weighted by molar-refractivity contribution is 5.25. The molecule has 0 bridgehead atoms. The van der Waals surface area contributed by atoms with E-state index in [0.29, 0.717) is 5.92 Å². The van der Waals surface area contributed by atoms with Crippen molar-refractivity contribution >= 4 is 0 Å². The normalized spacial score (nSPS) is 24.6. The second kappa shape index (κ2) is 7.75. The molecule has 3 nitrogen and oxygen atoms in total. The minimum Gasteiger partial charge on any atom is -0.271 e. The number of aryl methyl sites for hydroxylation is 1. The van der Waals surface area contributed by atoms with Crippen molar-refractivity contribution < 1.29 is 0 Å². The van der Waals surface area contributed by atoms with Crippen LogP contribution in [0.4, 0.5) is 0 Å². The second-order valence-electron chi connectivity index (χ2n) is 6.30. The van der Waals surface area contributed by atoms with Gasteiger partial charge in [0.05, 0.1) is 6.04 Å². The van der Waals surface area contributed by atoms with Gasteiger partial charge in [0, 0.05) is 12.4 Å². The highest BCUT2D eigenvalue weighted by Crippen LogP contribution is 2.38. The maximum absolute atomic E-state index is 5.84. The molecule has 20 heavy (non-hydrogen) atoms. The summed E-state index contributed by atoms with van der Waals surface area (Å²) in [7, 11) is 0. The lowest BCUT2D eigenvalue weighted by molar-refractivity contribution is 0.213. The summed E-state index contributed by atoms with van der Waals surface area (Å²) < 4.78 is 0. The average molecular weight is 275 g/mol. The number of hydrogen-bond donors (Lipinski definition) is 2. The number of pyridine rings is 1. The summed E-state index contributed by atoms with van der Waals surface area (Å²) in [6, 6.07) is 2.34. The molecule has 0 spiro atoms. The van der Waals surface area contributed by atoms with Gasteiger partial charge in [-0.2, -0.15) is 0 Å². The lowest BCUT2D eigenvalue weighted by Gasteiger charge is -2.34. The molecule has 3 N–H and O–H groups in total. The predicted molar refractivity (Wildman–Crippen MR) is 84.0 cm³/mol. The molecule has 0 aromatic carbocycles. The Morgan fingerprint density at radius 2 is 2.10 bits per heavy atom. The summed E-state index contributed by atoms with van der Waals surface area (Å²) in [4.78, 5) is 4.27. The molecule has 0 aliphatic heterocycles. The van der Waals surface area contributed by atoms with Gasteiger partial charge in [-0.3, -0.25) is 16.3 Å². The first-order valence-corrected chi connectivity index (χ1v) is 8.12. The van der Waals surface area contributed by atoms with Gasteiger partial charge in [0.15, 0.2) is 0 Å². The fourth-order valence-electron chi connectivity index (χ4n) is 3.58. The summed E-state index contributed by atoms with van der Waals surface area (Å²) in [6.45, 7) is 4.43. The van der Waals surface area contributed by atoms with Crippen LogP contribution < -0.4 is 11.3 Å². The van der Waals surface area contributed by atoms with Crippen molar-refractivity contribution in [1.82, 2.24) is 10.4 Å². The molecule has 1 aromatic rings. The van der Waals surface area contributed by atoms with Gasteiger partial charge in [0.1, 0.15) is 0 Å². The maximum atomic E-state index is 5.84. The van der Waals surface area contributed by atoms with E-state index in [9.17, 15) is 0 Å². The molecule has 0 amide bonds. The lowest BCUT2D eigenvalue weighted by Crippen LogP contribution is -2.36. The van der Waals surface area contributed by atoms with Gasteiger partial charge in [0.25, 0.3) is 0 Å². The minimum atomic E-state index is 0.260. The van der Waals surface area contributed by atoms with Crippen LogP contribution in [-0.2, 0) is 0 Å². The van der Waals surface area contributed by atoms with Crippen LogP contribution in [-0.4, -0.2) is 4.98 Å². The van der Waals surface area contributed by atoms with Crippen LogP contribution in [0.5, 0.6) is 0 Å². The summed E-state index contributed by atoms with van der Waals surface area (Å²) in [5, 5.41) is 0. The first-order chi connectivity index (χ1) is 9.76. The third kappa shape index (κ3) is 3.80. The summed E-state index contributed by atoms with van der Waals surface area (Å²) in [5.41, 5.74) is 5.61. The van der Waals surface area contributed by atoms with Gasteiger partial charge < -0.3 is 0 Å². The average Bonchev–Trinajstić information content (AvgIpc) is 2.49. The number of hydrazine groups is 1. The van der Waals surface area contributed by atoms with Gasteiger partial charge in [-0.05, 0) is 48.8 Å². The third-order valence-electron chi connectivity index (χ3n) is 4.92. The van der Waals surface area contributed by atoms with Crippen LogP contribution in [0.3, 0.4) is 0 Å². The van der Waals surface area contributed by atoms with Crippen molar-refractivity contribution in [1.29, 1.82) is 0 Å². The van der Waals surface area contributed by atoms with E-state index in [4.69, 9.17) is 5.84 Å². The van der Waals surface area contributed by atoms with Crippen LogP contribution in [0.1, 0.15) is 69.0 Å². The molecular formula is C17H29N3. The first kappa shape index (κ1) is 15.5. The SMILES string of the molecule is CCCCC1CCC(C(NN)c2cnccc2C)CC1. The van der Waals surface area contributed by atoms with Gasteiger partial charge in [0.2, 0.25) is 0 Å². The quantitative estimate of drug-likeness (QED) is 0.611. The third-order valence-corrected chi connectivity index (χ3v) is 4.92. The number of nitrogens with one attached hydrogen (secondary N) is 1. The molecule has 1 fully saturated rings. The Hall–Kier alpha value is -0.930. The Bertz CT molecular complexity index is 397. The van der Waals surface area contributed by atoms with E-state index in [1.807, 2.05) is 12.4 Å². The number of nitrogens with two attached hydrogens (primary N) is 1. The van der Waals surface area contributed by atoms with E-state index in [-0.39, 0.29) is 6.04 Å². The van der Waals surface area contributed by atoms with Gasteiger partial charge in [-0.25, -0.2) is 0 Å². The topological polar surface area (TPSA) is 50.9 Å². The van der Waals surface area contributed by atoms with Crippen molar-refractivity contribution in [3.63, 3.8) is 0 Å². The second-order valence-corrected chi connectivity index (χ2v) is 6.30. The van der Waals surface area contributed by atoms with Crippen LogP contribution in [0.2, 0.25) is 0 Å². The fraction of sp³-hybridized carbons (Fsp3) is 0.706. The largest absolute Gasteiger partial charge is 0.271 e. The monoisotopic (exact) mass is 275 g/mol. The highest BCUT2D eigenvalue weighted by atomic mass is 15.2. The number of aromatic nitrogens is 1. The first-order valence-electron chi connectivity index (χ1n) is 8.12. The Balaban J connectivity index is 1.95. The number of unbranched alkanes of at least 4 members (excludes halogenated alkanes) is 1. The highest BCUT2D eigenvalue weighted by Gasteiger charge is 2.28. The minimum absolute atomic E-state index is 0.260. The molecule has 3 heteroatoms. The molecule has 1 heterocycles. The summed E-state index contributed by atoms with van der Waals surface area (Å²) >= 11 is 0. The lowest BCUT2D eigenvalue weighted by atomic mass is 9.75. The van der Waals surface area contributed by atoms with E-state index in [2.05, 4.69) is 30.3 Å². The Kier molecular flexibility index (Phi) is 5.99. The van der Waals surface area contributed by atoms with E-state index >= 15 is 0 Å². The Morgan fingerprint density at radius 1 is 1.35 bits per heavy atom. The van der Waals surface area contributed by atoms with Crippen LogP contribution in [0.25, 0.3) is 0 Å². The van der Waals surface area contributed by atoms with Crippen molar-refractivity contribution in [2.75, 3.05) is 0 Å². The molecule has 1 saturated carbocycles. The Morgan fingerprint density at radius 3 is 2.70 bits per heavy atom. The zero-order valence-electron chi connectivity index (χ0n) is 12.9. The summed E-state index contributed by atoms with van der Waals surface area (Å²) in [6.07, 6.45) is 13.3. The van der Waals surface area contributed by atoms with E-state index in [1.54, 1.807) is 0 Å². The predicted octanol–water partition coefficient (Wildman–Crippen LogP) is 3.89. The molecule has 1 unspecified atom stereocenters. The molecule has 1 atom stereocenters. The molecule has 2 rings (SSSR count). The van der Waals surface area contributed by atoms with Crippen molar-refractivity contribution in [2.45, 2.75) is 64.8 Å². The van der Waals surface area contributed by atoms with Crippen molar-refractivity contribution in [3.05, 3.63) is 29.6 Å². The van der Waals surface area contributed by atoms with E-state index < -0.39 is 0 Å². The zero-order valence-corrected chi connectivity index (χ0v) is 12.9. The van der Waals surface area contributed by atoms with Crippen LogP contribution in [0.15, 0.2) is 18.5 Å². The zero-order chi connectivity index (χ0) is 14.4. The summed E-state index contributed by atoms with van der Waals surface area (Å²) in [5.74, 6) is 7.44. The van der Waals surface area contributed by atoms with Gasteiger partial charge in [-0.15, -0.1) is 0 Å². The molecular weight excluding hydrogens is 246 g/mol. The molecule has 1 aromatic heterocycles.